The summed E-state index contributed by atoms with van der Waals surface area (Å²) in [4.78, 5) is 0. The smallest absolute Gasteiger partial charge is 0.148 e. The molecule has 0 bridgehead atoms. The fourth-order valence-corrected chi connectivity index (χ4v) is 1.73. The second-order valence-electron chi connectivity index (χ2n) is 3.77. The lowest BCUT2D eigenvalue weighted by Crippen LogP contribution is -2.02. The van der Waals surface area contributed by atoms with Crippen molar-refractivity contribution in [3.8, 4) is 0 Å². The molecule has 1 aromatic rings. The SMILES string of the molecule is COC/C(=C/c1cccc(Cl)c1F)CCCN. The Balaban J connectivity index is 2.91. The first-order chi connectivity index (χ1) is 8.19. The zero-order valence-electron chi connectivity index (χ0n) is 9.88. The van der Waals surface area contributed by atoms with Gasteiger partial charge < -0.3 is 10.5 Å². The Hall–Kier alpha value is -0.900. The Kier molecular flexibility index (Phi) is 6.19. The molecule has 0 radical (unpaired) electrons. The standard InChI is InChI=1S/C13H17ClFNO/c1-17-9-10(4-3-7-16)8-11-5-2-6-12(14)13(11)15/h2,5-6,8H,3-4,7,9,16H2,1H3/b10-8+. The molecule has 4 heteroatoms. The number of rotatable bonds is 6. The van der Waals surface area contributed by atoms with Crippen LogP contribution in [0.15, 0.2) is 23.8 Å². The van der Waals surface area contributed by atoms with Crippen LogP contribution in [0.4, 0.5) is 4.39 Å². The Morgan fingerprint density at radius 2 is 2.29 bits per heavy atom. The second kappa shape index (κ2) is 7.43. The molecular formula is C13H17ClFNO. The van der Waals surface area contributed by atoms with E-state index in [2.05, 4.69) is 0 Å². The fraction of sp³-hybridized carbons (Fsp3) is 0.385. The third kappa shape index (κ3) is 4.46. The van der Waals surface area contributed by atoms with Crippen molar-refractivity contribution in [1.82, 2.24) is 0 Å². The molecule has 0 aliphatic heterocycles. The average molecular weight is 258 g/mol. The van der Waals surface area contributed by atoms with Gasteiger partial charge in [-0.3, -0.25) is 0 Å². The second-order valence-corrected chi connectivity index (χ2v) is 4.18. The molecule has 0 atom stereocenters. The molecule has 0 fully saturated rings. The Bertz CT molecular complexity index is 393. The lowest BCUT2D eigenvalue weighted by molar-refractivity contribution is 0.223. The van der Waals surface area contributed by atoms with Gasteiger partial charge in [0.2, 0.25) is 0 Å². The van der Waals surface area contributed by atoms with Gasteiger partial charge in [-0.15, -0.1) is 0 Å². The first-order valence-corrected chi connectivity index (χ1v) is 5.89. The van der Waals surface area contributed by atoms with Gasteiger partial charge in [-0.05, 0) is 31.0 Å². The van der Waals surface area contributed by atoms with Crippen molar-refractivity contribution >= 4 is 17.7 Å². The molecule has 2 nitrogen and oxygen atoms in total. The van der Waals surface area contributed by atoms with Gasteiger partial charge >= 0.3 is 0 Å². The number of nitrogens with two attached hydrogens (primary N) is 1. The predicted molar refractivity (Wildman–Crippen MR) is 69.6 cm³/mol. The largest absolute Gasteiger partial charge is 0.380 e. The summed E-state index contributed by atoms with van der Waals surface area (Å²) in [7, 11) is 1.62. The van der Waals surface area contributed by atoms with Crippen LogP contribution in [0.2, 0.25) is 5.02 Å². The van der Waals surface area contributed by atoms with E-state index in [9.17, 15) is 4.39 Å². The summed E-state index contributed by atoms with van der Waals surface area (Å²) >= 11 is 5.72. The zero-order chi connectivity index (χ0) is 12.7. The van der Waals surface area contributed by atoms with E-state index in [4.69, 9.17) is 22.1 Å². The molecule has 0 saturated heterocycles. The van der Waals surface area contributed by atoms with Gasteiger partial charge in [-0.1, -0.05) is 29.8 Å². The van der Waals surface area contributed by atoms with E-state index in [1.807, 2.05) is 0 Å². The van der Waals surface area contributed by atoms with E-state index in [-0.39, 0.29) is 5.02 Å². The van der Waals surface area contributed by atoms with E-state index in [0.29, 0.717) is 18.7 Å². The van der Waals surface area contributed by atoms with Crippen molar-refractivity contribution in [3.05, 3.63) is 40.2 Å². The molecule has 1 aromatic carbocycles. The van der Waals surface area contributed by atoms with Crippen molar-refractivity contribution in [2.45, 2.75) is 12.8 Å². The van der Waals surface area contributed by atoms with Crippen LogP contribution in [-0.4, -0.2) is 20.3 Å². The van der Waals surface area contributed by atoms with E-state index < -0.39 is 5.82 Å². The average Bonchev–Trinajstić information content (AvgIpc) is 2.32. The van der Waals surface area contributed by atoms with Gasteiger partial charge in [-0.2, -0.15) is 0 Å². The maximum absolute atomic E-state index is 13.7. The van der Waals surface area contributed by atoms with Gasteiger partial charge in [0.1, 0.15) is 5.82 Å². The minimum atomic E-state index is -0.393. The first-order valence-electron chi connectivity index (χ1n) is 5.51. The van der Waals surface area contributed by atoms with E-state index in [1.165, 1.54) is 6.07 Å². The molecule has 0 aromatic heterocycles. The molecule has 0 spiro atoms. The maximum Gasteiger partial charge on any atom is 0.148 e. The molecule has 0 saturated carbocycles. The predicted octanol–water partition coefficient (Wildman–Crippen LogP) is 3.25. The van der Waals surface area contributed by atoms with Crippen molar-refractivity contribution in [1.29, 1.82) is 0 Å². The summed E-state index contributed by atoms with van der Waals surface area (Å²) < 4.78 is 18.8. The Morgan fingerprint density at radius 1 is 1.53 bits per heavy atom. The molecule has 0 aliphatic carbocycles. The van der Waals surface area contributed by atoms with Gasteiger partial charge in [0.15, 0.2) is 0 Å². The topological polar surface area (TPSA) is 35.2 Å². The molecule has 94 valence electrons. The normalized spacial score (nSPS) is 11.9. The van der Waals surface area contributed by atoms with Gasteiger partial charge in [0.25, 0.3) is 0 Å². The molecule has 1 rings (SSSR count). The molecule has 0 amide bonds. The minimum Gasteiger partial charge on any atom is -0.380 e. The van der Waals surface area contributed by atoms with Crippen LogP contribution in [0.5, 0.6) is 0 Å². The number of hydrogen-bond donors (Lipinski definition) is 1. The molecule has 0 heterocycles. The van der Waals surface area contributed by atoms with Gasteiger partial charge in [-0.25, -0.2) is 4.39 Å². The molecule has 0 aliphatic rings. The quantitative estimate of drug-likeness (QED) is 0.849. The van der Waals surface area contributed by atoms with Gasteiger partial charge in [0, 0.05) is 12.7 Å². The van der Waals surface area contributed by atoms with Crippen molar-refractivity contribution < 1.29 is 9.13 Å². The minimum absolute atomic E-state index is 0.134. The van der Waals surface area contributed by atoms with Crippen LogP contribution < -0.4 is 5.73 Å². The number of ether oxygens (including phenoxy) is 1. The van der Waals surface area contributed by atoms with E-state index in [0.717, 1.165) is 18.4 Å². The summed E-state index contributed by atoms with van der Waals surface area (Å²) in [5, 5.41) is 0.134. The molecular weight excluding hydrogens is 241 g/mol. The zero-order valence-corrected chi connectivity index (χ0v) is 10.6. The van der Waals surface area contributed by atoms with Crippen LogP contribution in [0, 0.1) is 5.82 Å². The number of halogens is 2. The summed E-state index contributed by atoms with van der Waals surface area (Å²) in [5.41, 5.74) is 6.96. The van der Waals surface area contributed by atoms with Crippen LogP contribution in [0.3, 0.4) is 0 Å². The number of benzene rings is 1. The summed E-state index contributed by atoms with van der Waals surface area (Å²) in [6.45, 7) is 1.09. The van der Waals surface area contributed by atoms with Crippen molar-refractivity contribution in [2.75, 3.05) is 20.3 Å². The summed E-state index contributed by atoms with van der Waals surface area (Å²) in [6, 6.07) is 4.95. The van der Waals surface area contributed by atoms with E-state index in [1.54, 1.807) is 25.3 Å². The molecule has 2 N–H and O–H groups in total. The lowest BCUT2D eigenvalue weighted by atomic mass is 10.1. The van der Waals surface area contributed by atoms with Crippen molar-refractivity contribution in [3.63, 3.8) is 0 Å². The molecule has 17 heavy (non-hydrogen) atoms. The lowest BCUT2D eigenvalue weighted by Gasteiger charge is -2.07. The van der Waals surface area contributed by atoms with E-state index >= 15 is 0 Å². The van der Waals surface area contributed by atoms with Crippen LogP contribution in [-0.2, 0) is 4.74 Å². The Morgan fingerprint density at radius 3 is 2.94 bits per heavy atom. The van der Waals surface area contributed by atoms with Crippen molar-refractivity contribution in [2.24, 2.45) is 5.73 Å². The fourth-order valence-electron chi connectivity index (χ4n) is 1.55. The van der Waals surface area contributed by atoms with Crippen LogP contribution in [0.25, 0.3) is 6.08 Å². The monoisotopic (exact) mass is 257 g/mol. The highest BCUT2D eigenvalue weighted by Crippen LogP contribution is 2.21. The Labute approximate surface area is 106 Å². The highest BCUT2D eigenvalue weighted by molar-refractivity contribution is 6.30. The van der Waals surface area contributed by atoms with Crippen LogP contribution >= 0.6 is 11.6 Å². The maximum atomic E-state index is 13.7. The molecule has 0 unspecified atom stereocenters. The first kappa shape index (κ1) is 14.2. The number of hydrogen-bond acceptors (Lipinski definition) is 2. The summed E-state index contributed by atoms with van der Waals surface area (Å²) in [6.07, 6.45) is 3.44. The third-order valence-electron chi connectivity index (χ3n) is 2.37. The highest BCUT2D eigenvalue weighted by Gasteiger charge is 2.05. The van der Waals surface area contributed by atoms with Crippen LogP contribution in [0.1, 0.15) is 18.4 Å². The third-order valence-corrected chi connectivity index (χ3v) is 2.66. The summed E-state index contributed by atoms with van der Waals surface area (Å²) in [5.74, 6) is -0.393. The number of methoxy groups -OCH3 is 1. The van der Waals surface area contributed by atoms with Gasteiger partial charge in [0.05, 0.1) is 11.6 Å². The highest BCUT2D eigenvalue weighted by atomic mass is 35.5.